The number of hydrogen-bond acceptors (Lipinski definition) is 2. The first-order valence-corrected chi connectivity index (χ1v) is 5.98. The smallest absolute Gasteiger partial charge is 1.00 e. The number of aromatic nitrogens is 2. The molecule has 0 saturated carbocycles. The van der Waals surface area contributed by atoms with Crippen LogP contribution in [0.4, 0.5) is 0 Å². The van der Waals surface area contributed by atoms with Crippen molar-refractivity contribution in [2.45, 2.75) is 42.0 Å². The molecule has 20 heavy (non-hydrogen) atoms. The molecule has 2 rings (SSSR count). The van der Waals surface area contributed by atoms with Crippen LogP contribution in [0.1, 0.15) is 37.1 Å². The van der Waals surface area contributed by atoms with E-state index in [1.807, 2.05) is 39.8 Å². The molecule has 0 aliphatic rings. The Bertz CT molecular complexity index is 528. The van der Waals surface area contributed by atoms with Gasteiger partial charge in [0.25, 0.3) is 0 Å². The van der Waals surface area contributed by atoms with Gasteiger partial charge in [0.05, 0.1) is 0 Å². The van der Waals surface area contributed by atoms with Crippen molar-refractivity contribution in [2.24, 2.45) is 0 Å². The van der Waals surface area contributed by atoms with E-state index in [1.54, 1.807) is 6.07 Å². The fraction of sp³-hybridized carbons (Fsp3) is 0.375. The van der Waals surface area contributed by atoms with Crippen LogP contribution in [0.25, 0.3) is 0 Å². The Balaban J connectivity index is -0.000000270. The summed E-state index contributed by atoms with van der Waals surface area (Å²) in [6.45, 7) is 9.84. The maximum absolute atomic E-state index is 10.8. The summed E-state index contributed by atoms with van der Waals surface area (Å²) in [6.07, 6.45) is 1.50. The number of aryl methyl sites for hydroxylation is 4. The van der Waals surface area contributed by atoms with E-state index in [2.05, 4.69) is 18.0 Å². The SMILES string of the molecule is C.Cc1ccc(C)c(C)n1.Cc1ccc[n+]([O-])c1C.[H-].[K+]. The summed E-state index contributed by atoms with van der Waals surface area (Å²) < 4.78 is 0.870. The van der Waals surface area contributed by atoms with Crippen LogP contribution in [-0.2, 0) is 0 Å². The Kier molecular flexibility index (Phi) is 11.5. The minimum Gasteiger partial charge on any atom is -1.00 e. The van der Waals surface area contributed by atoms with E-state index in [-0.39, 0.29) is 60.2 Å². The van der Waals surface area contributed by atoms with Gasteiger partial charge < -0.3 is 6.63 Å². The number of rotatable bonds is 0. The third kappa shape index (κ3) is 6.95. The molecule has 0 spiro atoms. The van der Waals surface area contributed by atoms with E-state index < -0.39 is 0 Å². The van der Waals surface area contributed by atoms with Crippen molar-refractivity contribution >= 4 is 0 Å². The predicted molar refractivity (Wildman–Crippen MR) is 81.2 cm³/mol. The van der Waals surface area contributed by atoms with Crippen molar-refractivity contribution in [3.8, 4) is 0 Å². The van der Waals surface area contributed by atoms with Gasteiger partial charge in [0.2, 0.25) is 0 Å². The third-order valence-electron chi connectivity index (χ3n) is 2.96. The van der Waals surface area contributed by atoms with E-state index in [0.717, 1.165) is 27.4 Å². The molecule has 0 aromatic carbocycles. The van der Waals surface area contributed by atoms with Gasteiger partial charge in [-0.05, 0) is 45.4 Å². The zero-order chi connectivity index (χ0) is 13.7. The Morgan fingerprint density at radius 1 is 1.00 bits per heavy atom. The van der Waals surface area contributed by atoms with Gasteiger partial charge in [0, 0.05) is 29.9 Å². The molecule has 0 atom stereocenters. The van der Waals surface area contributed by atoms with Crippen molar-refractivity contribution in [3.63, 3.8) is 0 Å². The van der Waals surface area contributed by atoms with Gasteiger partial charge in [-0.15, -0.1) is 0 Å². The molecular formula is C16H25KN2O. The molecule has 0 radical (unpaired) electrons. The Labute approximate surface area is 166 Å². The average molecular weight is 300 g/mol. The summed E-state index contributed by atoms with van der Waals surface area (Å²) in [5.41, 5.74) is 5.30. The topological polar surface area (TPSA) is 39.8 Å². The fourth-order valence-electron chi connectivity index (χ4n) is 1.43. The van der Waals surface area contributed by atoms with E-state index >= 15 is 0 Å². The van der Waals surface area contributed by atoms with Gasteiger partial charge in [-0.1, -0.05) is 13.5 Å². The minimum absolute atomic E-state index is 0. The molecule has 106 valence electrons. The van der Waals surface area contributed by atoms with E-state index in [1.165, 1.54) is 11.8 Å². The summed E-state index contributed by atoms with van der Waals surface area (Å²) >= 11 is 0. The molecule has 4 heteroatoms. The van der Waals surface area contributed by atoms with E-state index in [4.69, 9.17) is 0 Å². The summed E-state index contributed by atoms with van der Waals surface area (Å²) in [5.74, 6) is 0. The standard InChI is InChI=1S/C8H11N.C7H9NO.CH4.K.H/c1-6-4-5-7(2)9-8(6)3;1-6-4-3-5-8(9)7(6)2;;;/h4-5H,1-3H3;3-5H,1-2H3;1H4;;/q;;;+1;-1. The van der Waals surface area contributed by atoms with Crippen molar-refractivity contribution in [1.29, 1.82) is 0 Å². The molecule has 2 heterocycles. The van der Waals surface area contributed by atoms with Crippen molar-refractivity contribution in [3.05, 3.63) is 63.9 Å². The molecule has 2 aromatic rings. The van der Waals surface area contributed by atoms with Crippen molar-refractivity contribution < 1.29 is 57.5 Å². The normalized spacial score (nSPS) is 8.65. The second kappa shape index (κ2) is 10.5. The number of hydrogen-bond donors (Lipinski definition) is 0. The summed E-state index contributed by atoms with van der Waals surface area (Å²) in [6, 6.07) is 7.79. The molecule has 3 nitrogen and oxygen atoms in total. The average Bonchev–Trinajstić information content (AvgIpc) is 2.32. The molecular weight excluding hydrogens is 275 g/mol. The molecule has 0 unspecified atom stereocenters. The van der Waals surface area contributed by atoms with Crippen molar-refractivity contribution in [1.82, 2.24) is 4.98 Å². The monoisotopic (exact) mass is 300 g/mol. The van der Waals surface area contributed by atoms with Gasteiger partial charge in [0.15, 0.2) is 11.9 Å². The molecule has 0 bridgehead atoms. The maximum Gasteiger partial charge on any atom is 1.00 e. The van der Waals surface area contributed by atoms with Crippen LogP contribution in [-0.4, -0.2) is 4.98 Å². The first-order valence-electron chi connectivity index (χ1n) is 5.98. The quantitative estimate of drug-likeness (QED) is 0.408. The zero-order valence-corrected chi connectivity index (χ0v) is 15.8. The number of nitrogens with zero attached hydrogens (tertiary/aromatic N) is 2. The molecule has 0 aliphatic heterocycles. The molecule has 0 saturated heterocycles. The van der Waals surface area contributed by atoms with Crippen LogP contribution < -0.4 is 56.1 Å². The van der Waals surface area contributed by atoms with Gasteiger partial charge in [0.1, 0.15) is 0 Å². The van der Waals surface area contributed by atoms with Gasteiger partial charge >= 0.3 is 51.4 Å². The van der Waals surface area contributed by atoms with Crippen molar-refractivity contribution in [2.75, 3.05) is 0 Å². The molecule has 0 aliphatic carbocycles. The third-order valence-corrected chi connectivity index (χ3v) is 2.96. The zero-order valence-electron chi connectivity index (χ0n) is 13.7. The largest absolute Gasteiger partial charge is 1.00 e. The van der Waals surface area contributed by atoms with Crippen LogP contribution in [0, 0.1) is 39.8 Å². The second-order valence-electron chi connectivity index (χ2n) is 4.46. The molecule has 2 aromatic heterocycles. The Morgan fingerprint density at radius 2 is 1.60 bits per heavy atom. The fourth-order valence-corrected chi connectivity index (χ4v) is 1.43. The first kappa shape index (κ1) is 22.0. The summed E-state index contributed by atoms with van der Waals surface area (Å²) in [5, 5.41) is 10.8. The Morgan fingerprint density at radius 3 is 2.00 bits per heavy atom. The second-order valence-corrected chi connectivity index (χ2v) is 4.46. The summed E-state index contributed by atoms with van der Waals surface area (Å²) in [7, 11) is 0. The van der Waals surface area contributed by atoms with Gasteiger partial charge in [-0.2, -0.15) is 4.73 Å². The van der Waals surface area contributed by atoms with Gasteiger partial charge in [-0.25, -0.2) is 0 Å². The van der Waals surface area contributed by atoms with Crippen LogP contribution in [0.5, 0.6) is 0 Å². The molecule has 0 amide bonds. The minimum atomic E-state index is 0. The maximum atomic E-state index is 10.8. The van der Waals surface area contributed by atoms with E-state index in [9.17, 15) is 5.21 Å². The molecule has 0 N–H and O–H groups in total. The summed E-state index contributed by atoms with van der Waals surface area (Å²) in [4.78, 5) is 4.27. The van der Waals surface area contributed by atoms with Gasteiger partial charge in [-0.3, -0.25) is 4.98 Å². The van der Waals surface area contributed by atoms with Crippen LogP contribution >= 0.6 is 0 Å². The van der Waals surface area contributed by atoms with E-state index in [0.29, 0.717) is 0 Å². The van der Waals surface area contributed by atoms with Crippen LogP contribution in [0.2, 0.25) is 0 Å². The first-order chi connectivity index (χ1) is 8.41. The molecule has 0 fully saturated rings. The van der Waals surface area contributed by atoms with Crippen LogP contribution in [0.3, 0.4) is 0 Å². The van der Waals surface area contributed by atoms with Crippen LogP contribution in [0.15, 0.2) is 30.5 Å². The Hall–Kier alpha value is -0.264. The predicted octanol–water partition coefficient (Wildman–Crippen LogP) is 0.696. The number of pyridine rings is 2.